The van der Waals surface area contributed by atoms with Crippen molar-refractivity contribution in [3.63, 3.8) is 0 Å². The SMILES string of the molecule is CCCCCCCc1ccc(C(=O)Nc2ccc(O)c3c2C(=O)c2c(O)ccc(NC(=O)c4ccc(CCCCCCC)cc4)c2C3=O)cc1. The van der Waals surface area contributed by atoms with Gasteiger partial charge in [0.15, 0.2) is 0 Å². The highest BCUT2D eigenvalue weighted by Crippen LogP contribution is 2.42. The molecule has 4 aromatic rings. The van der Waals surface area contributed by atoms with Gasteiger partial charge in [-0.3, -0.25) is 19.2 Å². The quantitative estimate of drug-likeness (QED) is 0.0609. The molecule has 1 aliphatic carbocycles. The molecule has 0 saturated heterocycles. The fourth-order valence-corrected chi connectivity index (χ4v) is 6.47. The van der Waals surface area contributed by atoms with Gasteiger partial charge in [0.25, 0.3) is 11.8 Å². The molecule has 8 nitrogen and oxygen atoms in total. The third kappa shape index (κ3) is 8.30. The molecule has 0 bridgehead atoms. The molecule has 0 atom stereocenters. The van der Waals surface area contributed by atoms with Gasteiger partial charge in [-0.25, -0.2) is 0 Å². The Bertz CT molecular complexity index is 1720. The van der Waals surface area contributed by atoms with E-state index in [1.165, 1.54) is 62.8 Å². The summed E-state index contributed by atoms with van der Waals surface area (Å²) in [4.78, 5) is 54.5. The summed E-state index contributed by atoms with van der Waals surface area (Å²) in [5.41, 5.74) is 1.92. The summed E-state index contributed by atoms with van der Waals surface area (Å²) in [5, 5.41) is 27.1. The van der Waals surface area contributed by atoms with Gasteiger partial charge in [0, 0.05) is 11.1 Å². The van der Waals surface area contributed by atoms with E-state index in [4.69, 9.17) is 0 Å². The van der Waals surface area contributed by atoms with Crippen LogP contribution in [0.15, 0.2) is 72.8 Å². The smallest absolute Gasteiger partial charge is 0.255 e. The van der Waals surface area contributed by atoms with Crippen molar-refractivity contribution in [3.05, 3.63) is 117 Å². The lowest BCUT2D eigenvalue weighted by Gasteiger charge is -2.24. The van der Waals surface area contributed by atoms with E-state index in [0.29, 0.717) is 11.1 Å². The lowest BCUT2D eigenvalue weighted by Crippen LogP contribution is -2.26. The number of nitrogens with one attached hydrogen (secondary N) is 2. The highest BCUT2D eigenvalue weighted by molar-refractivity contribution is 6.34. The zero-order valence-corrected chi connectivity index (χ0v) is 28.9. The molecule has 1 aliphatic rings. The van der Waals surface area contributed by atoms with Gasteiger partial charge in [-0.15, -0.1) is 0 Å². The zero-order chi connectivity index (χ0) is 35.6. The molecule has 8 heteroatoms. The van der Waals surface area contributed by atoms with Crippen molar-refractivity contribution in [3.8, 4) is 11.5 Å². The molecule has 2 amide bonds. The number of hydrogen-bond donors (Lipinski definition) is 4. The molecule has 0 aromatic heterocycles. The summed E-state index contributed by atoms with van der Waals surface area (Å²) in [6.07, 6.45) is 13.6. The molecule has 4 N–H and O–H groups in total. The first-order valence-corrected chi connectivity index (χ1v) is 17.8. The number of benzene rings is 4. The molecule has 50 heavy (non-hydrogen) atoms. The number of fused-ring (bicyclic) bond motifs is 2. The number of carbonyl (C=O) groups excluding carboxylic acids is 4. The molecule has 0 fully saturated rings. The summed E-state index contributed by atoms with van der Waals surface area (Å²) in [7, 11) is 0. The van der Waals surface area contributed by atoms with E-state index in [1.807, 2.05) is 24.3 Å². The Balaban J connectivity index is 1.33. The van der Waals surface area contributed by atoms with Gasteiger partial charge in [0.05, 0.1) is 33.6 Å². The number of rotatable bonds is 16. The molecule has 0 saturated carbocycles. The van der Waals surface area contributed by atoms with Crippen molar-refractivity contribution < 1.29 is 29.4 Å². The van der Waals surface area contributed by atoms with Gasteiger partial charge < -0.3 is 20.8 Å². The van der Waals surface area contributed by atoms with E-state index in [2.05, 4.69) is 24.5 Å². The minimum atomic E-state index is -0.767. The molecule has 0 radical (unpaired) electrons. The predicted octanol–water partition coefficient (Wildman–Crippen LogP) is 9.40. The fourth-order valence-electron chi connectivity index (χ4n) is 6.47. The molecular formula is C42H46N2O6. The maximum atomic E-state index is 14.0. The molecular weight excluding hydrogens is 628 g/mol. The Kier molecular flexibility index (Phi) is 12.2. The van der Waals surface area contributed by atoms with Gasteiger partial charge >= 0.3 is 0 Å². The monoisotopic (exact) mass is 674 g/mol. The molecule has 0 spiro atoms. The standard InChI is InChI=1S/C42H46N2O6/c1-3-5-7-9-11-13-27-15-19-29(20-16-27)41(49)43-31-23-25-33(45)37-35(31)39(47)38-34(46)26-24-32(36(38)40(37)48)44-42(50)30-21-17-28(18-22-30)14-12-10-8-6-4-2/h15-26,45-46H,3-14H2,1-2H3,(H,43,49)(H,44,50). The minimum absolute atomic E-state index is 0.0195. The van der Waals surface area contributed by atoms with E-state index in [9.17, 15) is 29.4 Å². The second-order valence-electron chi connectivity index (χ2n) is 13.1. The summed E-state index contributed by atoms with van der Waals surface area (Å²) in [6.45, 7) is 4.37. The maximum Gasteiger partial charge on any atom is 0.255 e. The first kappa shape index (κ1) is 36.1. The van der Waals surface area contributed by atoms with E-state index in [0.717, 1.165) is 49.7 Å². The van der Waals surface area contributed by atoms with Crippen molar-refractivity contribution in [1.82, 2.24) is 0 Å². The Labute approximate surface area is 294 Å². The van der Waals surface area contributed by atoms with Crippen LogP contribution in [0.4, 0.5) is 11.4 Å². The third-order valence-electron chi connectivity index (χ3n) is 9.34. The first-order valence-electron chi connectivity index (χ1n) is 17.8. The van der Waals surface area contributed by atoms with Crippen LogP contribution >= 0.6 is 0 Å². The number of amides is 2. The molecule has 4 aromatic carbocycles. The average molecular weight is 675 g/mol. The van der Waals surface area contributed by atoms with Crippen LogP contribution in [0.2, 0.25) is 0 Å². The number of phenols is 2. The van der Waals surface area contributed by atoms with Crippen LogP contribution in [-0.2, 0) is 12.8 Å². The number of anilines is 2. The number of ketones is 2. The Morgan fingerprint density at radius 3 is 1.20 bits per heavy atom. The van der Waals surface area contributed by atoms with Crippen LogP contribution in [0.5, 0.6) is 11.5 Å². The van der Waals surface area contributed by atoms with E-state index in [-0.39, 0.29) is 33.6 Å². The van der Waals surface area contributed by atoms with E-state index >= 15 is 0 Å². The third-order valence-corrected chi connectivity index (χ3v) is 9.34. The minimum Gasteiger partial charge on any atom is -0.507 e. The number of phenolic OH excluding ortho intramolecular Hbond substituents is 2. The van der Waals surface area contributed by atoms with Crippen molar-refractivity contribution in [2.45, 2.75) is 90.9 Å². The highest BCUT2D eigenvalue weighted by Gasteiger charge is 2.38. The fraction of sp³-hybridized carbons (Fsp3) is 0.333. The average Bonchev–Trinajstić information content (AvgIpc) is 3.12. The van der Waals surface area contributed by atoms with Crippen LogP contribution in [0.1, 0.15) is 142 Å². The molecule has 0 aliphatic heterocycles. The van der Waals surface area contributed by atoms with Gasteiger partial charge in [0.1, 0.15) is 11.5 Å². The second-order valence-corrected chi connectivity index (χ2v) is 13.1. The van der Waals surface area contributed by atoms with Crippen LogP contribution in [-0.4, -0.2) is 33.6 Å². The largest absolute Gasteiger partial charge is 0.507 e. The van der Waals surface area contributed by atoms with E-state index < -0.39 is 34.9 Å². The van der Waals surface area contributed by atoms with Crippen LogP contribution in [0.3, 0.4) is 0 Å². The number of aryl methyl sites for hydroxylation is 2. The number of unbranched alkanes of at least 4 members (excludes halogenated alkanes) is 8. The van der Waals surface area contributed by atoms with Crippen LogP contribution in [0, 0.1) is 0 Å². The summed E-state index contributed by atoms with van der Waals surface area (Å²) >= 11 is 0. The molecule has 0 unspecified atom stereocenters. The Hall–Kier alpha value is -5.24. The number of hydrogen-bond acceptors (Lipinski definition) is 6. The van der Waals surface area contributed by atoms with Crippen molar-refractivity contribution >= 4 is 34.8 Å². The van der Waals surface area contributed by atoms with Crippen LogP contribution in [0.25, 0.3) is 0 Å². The van der Waals surface area contributed by atoms with Gasteiger partial charge in [-0.05, 0) is 85.3 Å². The van der Waals surface area contributed by atoms with Crippen molar-refractivity contribution in [2.24, 2.45) is 0 Å². The lowest BCUT2D eigenvalue weighted by molar-refractivity contribution is 0.0973. The zero-order valence-electron chi connectivity index (χ0n) is 28.9. The topological polar surface area (TPSA) is 133 Å². The molecule has 5 rings (SSSR count). The maximum absolute atomic E-state index is 14.0. The van der Waals surface area contributed by atoms with Gasteiger partial charge in [0.2, 0.25) is 11.6 Å². The van der Waals surface area contributed by atoms with Crippen LogP contribution < -0.4 is 10.6 Å². The predicted molar refractivity (Wildman–Crippen MR) is 197 cm³/mol. The Morgan fingerprint density at radius 2 is 0.840 bits per heavy atom. The highest BCUT2D eigenvalue weighted by atomic mass is 16.3. The number of aromatic hydroxyl groups is 2. The van der Waals surface area contributed by atoms with E-state index in [1.54, 1.807) is 24.3 Å². The van der Waals surface area contributed by atoms with Gasteiger partial charge in [-0.2, -0.15) is 0 Å². The molecule has 0 heterocycles. The summed E-state index contributed by atoms with van der Waals surface area (Å²) < 4.78 is 0. The van der Waals surface area contributed by atoms with Crippen molar-refractivity contribution in [2.75, 3.05) is 10.6 Å². The molecule has 260 valence electrons. The first-order chi connectivity index (χ1) is 24.2. The normalized spacial score (nSPS) is 12.0. The summed E-state index contributed by atoms with van der Waals surface area (Å²) in [6, 6.07) is 19.7. The Morgan fingerprint density at radius 1 is 0.480 bits per heavy atom. The summed E-state index contributed by atoms with van der Waals surface area (Å²) in [5.74, 6) is -3.45. The lowest BCUT2D eigenvalue weighted by atomic mass is 9.81. The van der Waals surface area contributed by atoms with Crippen molar-refractivity contribution in [1.29, 1.82) is 0 Å². The van der Waals surface area contributed by atoms with Gasteiger partial charge in [-0.1, -0.05) is 89.5 Å². The second kappa shape index (κ2) is 16.9. The number of carbonyl (C=O) groups is 4.